The molecule has 1 aromatic rings. The Morgan fingerprint density at radius 3 is 2.56 bits per heavy atom. The minimum absolute atomic E-state index is 0.0171. The molecule has 0 amide bonds. The summed E-state index contributed by atoms with van der Waals surface area (Å²) in [6.45, 7) is 5.98. The van der Waals surface area contributed by atoms with Crippen LogP contribution in [-0.2, 0) is 11.2 Å². The van der Waals surface area contributed by atoms with Gasteiger partial charge in [0.25, 0.3) is 0 Å². The lowest BCUT2D eigenvalue weighted by atomic mass is 10.0. The molecule has 0 saturated heterocycles. The maximum Gasteiger partial charge on any atom is 0.128 e. The molecule has 18 heavy (non-hydrogen) atoms. The van der Waals surface area contributed by atoms with Crippen LogP contribution in [0.4, 0.5) is 0 Å². The predicted octanol–water partition coefficient (Wildman–Crippen LogP) is 1.12. The van der Waals surface area contributed by atoms with Crippen molar-refractivity contribution in [3.8, 4) is 5.75 Å². The summed E-state index contributed by atoms with van der Waals surface area (Å²) < 4.78 is 10.7. The zero-order valence-corrected chi connectivity index (χ0v) is 11.8. The molecule has 0 aliphatic heterocycles. The van der Waals surface area contributed by atoms with Crippen molar-refractivity contribution in [1.29, 1.82) is 0 Å². The Labute approximate surface area is 109 Å². The molecule has 2 unspecified atom stereocenters. The quantitative estimate of drug-likeness (QED) is 0.587. The van der Waals surface area contributed by atoms with Gasteiger partial charge in [-0.05, 0) is 20.8 Å². The van der Waals surface area contributed by atoms with Crippen molar-refractivity contribution in [2.24, 2.45) is 5.84 Å². The van der Waals surface area contributed by atoms with E-state index >= 15 is 0 Å². The van der Waals surface area contributed by atoms with Crippen LogP contribution in [0.3, 0.4) is 0 Å². The van der Waals surface area contributed by atoms with Crippen molar-refractivity contribution in [1.82, 2.24) is 10.4 Å². The van der Waals surface area contributed by atoms with Gasteiger partial charge in [-0.15, -0.1) is 0 Å². The lowest BCUT2D eigenvalue weighted by Crippen LogP contribution is -2.45. The van der Waals surface area contributed by atoms with Gasteiger partial charge in [-0.3, -0.25) is 16.3 Å². The fourth-order valence-corrected chi connectivity index (χ4v) is 2.01. The molecule has 0 aliphatic rings. The van der Waals surface area contributed by atoms with E-state index in [4.69, 9.17) is 15.3 Å². The molecular weight excluding hydrogens is 230 g/mol. The van der Waals surface area contributed by atoms with Crippen molar-refractivity contribution >= 4 is 0 Å². The highest BCUT2D eigenvalue weighted by Crippen LogP contribution is 2.24. The maximum absolute atomic E-state index is 5.56. The normalized spacial score (nSPS) is 14.3. The van der Waals surface area contributed by atoms with Crippen molar-refractivity contribution in [2.75, 3.05) is 14.2 Å². The van der Waals surface area contributed by atoms with Gasteiger partial charge in [-0.25, -0.2) is 0 Å². The Balaban J connectivity index is 2.97. The third kappa shape index (κ3) is 3.19. The van der Waals surface area contributed by atoms with E-state index in [-0.39, 0.29) is 12.1 Å². The summed E-state index contributed by atoms with van der Waals surface area (Å²) in [5.74, 6) is 6.45. The molecule has 102 valence electrons. The molecule has 0 fully saturated rings. The third-order valence-electron chi connectivity index (χ3n) is 3.32. The van der Waals surface area contributed by atoms with E-state index in [2.05, 4.69) is 10.4 Å². The van der Waals surface area contributed by atoms with Gasteiger partial charge in [-0.1, -0.05) is 0 Å². The smallest absolute Gasteiger partial charge is 0.128 e. The van der Waals surface area contributed by atoms with Crippen molar-refractivity contribution in [2.45, 2.75) is 39.3 Å². The fraction of sp³-hybridized carbons (Fsp3) is 0.615. The minimum Gasteiger partial charge on any atom is -0.496 e. The van der Waals surface area contributed by atoms with Crippen LogP contribution in [0.15, 0.2) is 6.20 Å². The SMILES string of the molecule is COc1c(C)cnc(CC(NN)C(C)OC)c1C. The predicted molar refractivity (Wildman–Crippen MR) is 71.5 cm³/mol. The van der Waals surface area contributed by atoms with E-state index in [9.17, 15) is 0 Å². The summed E-state index contributed by atoms with van der Waals surface area (Å²) in [5, 5.41) is 0. The number of methoxy groups -OCH3 is 2. The first-order valence-corrected chi connectivity index (χ1v) is 6.03. The number of rotatable bonds is 6. The number of aryl methyl sites for hydroxylation is 1. The summed E-state index contributed by atoms with van der Waals surface area (Å²) in [6.07, 6.45) is 2.55. The number of pyridine rings is 1. The summed E-state index contributed by atoms with van der Waals surface area (Å²) in [4.78, 5) is 4.46. The topological polar surface area (TPSA) is 69.4 Å². The molecule has 0 spiro atoms. The van der Waals surface area contributed by atoms with Crippen LogP contribution in [0.2, 0.25) is 0 Å². The third-order valence-corrected chi connectivity index (χ3v) is 3.32. The second kappa shape index (κ2) is 6.68. The van der Waals surface area contributed by atoms with Crippen LogP contribution in [0.5, 0.6) is 5.75 Å². The molecule has 0 aromatic carbocycles. The highest BCUT2D eigenvalue weighted by atomic mass is 16.5. The first-order valence-electron chi connectivity index (χ1n) is 6.03. The highest BCUT2D eigenvalue weighted by molar-refractivity contribution is 5.41. The standard InChI is InChI=1S/C13H23N3O2/c1-8-7-15-11(9(2)13(8)18-5)6-12(16-14)10(3)17-4/h7,10,12,16H,6,14H2,1-5H3. The number of nitrogens with two attached hydrogens (primary N) is 1. The summed E-state index contributed by atoms with van der Waals surface area (Å²) in [5.41, 5.74) is 5.85. The van der Waals surface area contributed by atoms with Crippen LogP contribution in [0, 0.1) is 13.8 Å². The molecule has 0 aliphatic carbocycles. The summed E-state index contributed by atoms with van der Waals surface area (Å²) in [7, 11) is 3.35. The van der Waals surface area contributed by atoms with E-state index in [1.54, 1.807) is 14.2 Å². The molecule has 0 saturated carbocycles. The number of hydrogen-bond acceptors (Lipinski definition) is 5. The van der Waals surface area contributed by atoms with Crippen molar-refractivity contribution in [3.05, 3.63) is 23.0 Å². The van der Waals surface area contributed by atoms with E-state index in [0.29, 0.717) is 6.42 Å². The average molecular weight is 253 g/mol. The van der Waals surface area contributed by atoms with Crippen LogP contribution < -0.4 is 16.0 Å². The Morgan fingerprint density at radius 2 is 2.06 bits per heavy atom. The minimum atomic E-state index is 0.0171. The number of ether oxygens (including phenoxy) is 2. The van der Waals surface area contributed by atoms with Gasteiger partial charge in [0.1, 0.15) is 5.75 Å². The summed E-state index contributed by atoms with van der Waals surface area (Å²) >= 11 is 0. The Hall–Kier alpha value is -1.17. The number of nitrogens with one attached hydrogen (secondary N) is 1. The first-order chi connectivity index (χ1) is 8.54. The van der Waals surface area contributed by atoms with Gasteiger partial charge < -0.3 is 9.47 Å². The molecule has 5 nitrogen and oxygen atoms in total. The molecule has 1 heterocycles. The zero-order valence-electron chi connectivity index (χ0n) is 11.8. The van der Waals surface area contributed by atoms with Gasteiger partial charge in [0.15, 0.2) is 0 Å². The van der Waals surface area contributed by atoms with Gasteiger partial charge in [0, 0.05) is 36.5 Å². The number of nitrogens with zero attached hydrogens (tertiary/aromatic N) is 1. The summed E-state index contributed by atoms with van der Waals surface area (Å²) in [6, 6.07) is 0.0219. The lowest BCUT2D eigenvalue weighted by Gasteiger charge is -2.23. The maximum atomic E-state index is 5.56. The molecular formula is C13H23N3O2. The molecule has 1 rings (SSSR count). The molecule has 0 bridgehead atoms. The van der Waals surface area contributed by atoms with Gasteiger partial charge in [0.2, 0.25) is 0 Å². The second-order valence-corrected chi connectivity index (χ2v) is 4.46. The first kappa shape index (κ1) is 14.9. The Bertz CT molecular complexity index is 396. The van der Waals surface area contributed by atoms with E-state index < -0.39 is 0 Å². The highest BCUT2D eigenvalue weighted by Gasteiger charge is 2.19. The zero-order chi connectivity index (χ0) is 13.7. The van der Waals surface area contributed by atoms with E-state index in [1.807, 2.05) is 27.0 Å². The molecule has 1 aromatic heterocycles. The second-order valence-electron chi connectivity index (χ2n) is 4.46. The molecule has 5 heteroatoms. The fourth-order valence-electron chi connectivity index (χ4n) is 2.01. The number of hydrogen-bond donors (Lipinski definition) is 2. The average Bonchev–Trinajstić information content (AvgIpc) is 2.38. The molecule has 0 radical (unpaired) electrons. The monoisotopic (exact) mass is 253 g/mol. The van der Waals surface area contributed by atoms with Crippen molar-refractivity contribution in [3.63, 3.8) is 0 Å². The lowest BCUT2D eigenvalue weighted by molar-refractivity contribution is 0.0827. The molecule has 3 N–H and O–H groups in total. The number of hydrazine groups is 1. The van der Waals surface area contributed by atoms with Gasteiger partial charge in [0.05, 0.1) is 19.3 Å². The van der Waals surface area contributed by atoms with Crippen LogP contribution in [0.25, 0.3) is 0 Å². The van der Waals surface area contributed by atoms with Crippen LogP contribution in [-0.4, -0.2) is 31.3 Å². The Kier molecular flexibility index (Phi) is 5.53. The molecule has 2 atom stereocenters. The van der Waals surface area contributed by atoms with Gasteiger partial charge in [-0.2, -0.15) is 0 Å². The van der Waals surface area contributed by atoms with Gasteiger partial charge >= 0.3 is 0 Å². The number of aromatic nitrogens is 1. The largest absolute Gasteiger partial charge is 0.496 e. The van der Waals surface area contributed by atoms with E-state index in [0.717, 1.165) is 22.6 Å². The van der Waals surface area contributed by atoms with Crippen molar-refractivity contribution < 1.29 is 9.47 Å². The Morgan fingerprint density at radius 1 is 1.39 bits per heavy atom. The van der Waals surface area contributed by atoms with E-state index in [1.165, 1.54) is 0 Å². The van der Waals surface area contributed by atoms with Crippen LogP contribution in [0.1, 0.15) is 23.7 Å². The van der Waals surface area contributed by atoms with Crippen LogP contribution >= 0.6 is 0 Å².